The quantitative estimate of drug-likeness (QED) is 0.209. The lowest BCUT2D eigenvalue weighted by Crippen LogP contribution is -2.13. The number of ether oxygens (including phenoxy) is 1. The van der Waals surface area contributed by atoms with Gasteiger partial charge in [-0.1, -0.05) is 52.3 Å². The summed E-state index contributed by atoms with van der Waals surface area (Å²) in [5.41, 5.74) is 5.49. The molecule has 0 atom stereocenters. The van der Waals surface area contributed by atoms with Gasteiger partial charge in [-0.05, 0) is 79.6 Å². The summed E-state index contributed by atoms with van der Waals surface area (Å²) in [6.45, 7) is 4.48. The Kier molecular flexibility index (Phi) is 7.49. The molecule has 1 heterocycles. The largest absolute Gasteiger partial charge is 0.489 e. The number of aromatic nitrogens is 1. The number of carbonyl (C=O) groups excluding carboxylic acids is 1. The van der Waals surface area contributed by atoms with Crippen molar-refractivity contribution in [3.63, 3.8) is 0 Å². The van der Waals surface area contributed by atoms with Crippen LogP contribution in [0.15, 0.2) is 95.0 Å². The fourth-order valence-electron chi connectivity index (χ4n) is 3.83. The molecule has 6 heteroatoms. The number of benzene rings is 3. The highest BCUT2D eigenvalue weighted by Gasteiger charge is 2.14. The van der Waals surface area contributed by atoms with E-state index in [2.05, 4.69) is 25.8 Å². The maximum Gasteiger partial charge on any atom is 0.266 e. The van der Waals surface area contributed by atoms with Gasteiger partial charge >= 0.3 is 0 Å². The van der Waals surface area contributed by atoms with Crippen LogP contribution in [0.3, 0.4) is 0 Å². The summed E-state index contributed by atoms with van der Waals surface area (Å²) >= 11 is 3.38. The fraction of sp³-hybridized carbons (Fsp3) is 0.103. The number of carbonyl (C=O) groups is 1. The van der Waals surface area contributed by atoms with Crippen molar-refractivity contribution in [1.29, 1.82) is 5.26 Å². The van der Waals surface area contributed by atoms with Gasteiger partial charge in [-0.25, -0.2) is 0 Å². The van der Waals surface area contributed by atoms with Crippen molar-refractivity contribution < 1.29 is 9.53 Å². The number of hydrogen-bond acceptors (Lipinski definition) is 3. The van der Waals surface area contributed by atoms with Crippen molar-refractivity contribution in [2.45, 2.75) is 20.5 Å². The van der Waals surface area contributed by atoms with E-state index in [1.165, 1.54) is 0 Å². The molecule has 0 spiro atoms. The van der Waals surface area contributed by atoms with Crippen molar-refractivity contribution in [1.82, 2.24) is 4.57 Å². The van der Waals surface area contributed by atoms with E-state index in [9.17, 15) is 10.1 Å². The van der Waals surface area contributed by atoms with E-state index in [0.717, 1.165) is 38.4 Å². The third-order valence-corrected chi connectivity index (χ3v) is 6.05. The zero-order chi connectivity index (χ0) is 24.8. The van der Waals surface area contributed by atoms with Crippen molar-refractivity contribution in [3.05, 3.63) is 117 Å². The van der Waals surface area contributed by atoms with E-state index >= 15 is 0 Å². The molecular weight excluding hydrogens is 502 g/mol. The van der Waals surface area contributed by atoms with Crippen LogP contribution in [0.4, 0.5) is 5.69 Å². The first-order chi connectivity index (χ1) is 16.9. The zero-order valence-electron chi connectivity index (χ0n) is 19.5. The number of nitriles is 1. The van der Waals surface area contributed by atoms with Crippen LogP contribution in [0.1, 0.15) is 22.5 Å². The predicted molar refractivity (Wildman–Crippen MR) is 142 cm³/mol. The average molecular weight is 526 g/mol. The number of nitrogens with zero attached hydrogens (tertiary/aromatic N) is 2. The second-order valence-corrected chi connectivity index (χ2v) is 8.98. The van der Waals surface area contributed by atoms with E-state index in [4.69, 9.17) is 4.74 Å². The Morgan fingerprint density at radius 2 is 1.77 bits per heavy atom. The lowest BCUT2D eigenvalue weighted by Gasteiger charge is -2.11. The molecule has 0 unspecified atom stereocenters. The number of anilines is 1. The van der Waals surface area contributed by atoms with Crippen molar-refractivity contribution in [2.24, 2.45) is 0 Å². The first kappa shape index (κ1) is 24.1. The SMILES string of the molecule is Cc1cc(/C=C(/C#N)C(=O)Nc2cccc(Br)c2)c(C)n1-c1ccc(OCc2ccccc2)cc1. The summed E-state index contributed by atoms with van der Waals surface area (Å²) in [5, 5.41) is 12.4. The zero-order valence-corrected chi connectivity index (χ0v) is 21.0. The molecule has 0 aliphatic heterocycles. The molecule has 1 N–H and O–H groups in total. The normalized spacial score (nSPS) is 11.1. The maximum absolute atomic E-state index is 12.7. The van der Waals surface area contributed by atoms with E-state index in [1.807, 2.05) is 92.7 Å². The van der Waals surface area contributed by atoms with Crippen molar-refractivity contribution in [2.75, 3.05) is 5.32 Å². The van der Waals surface area contributed by atoms with Crippen LogP contribution >= 0.6 is 15.9 Å². The molecule has 0 aliphatic rings. The highest BCUT2D eigenvalue weighted by Crippen LogP contribution is 2.25. The topological polar surface area (TPSA) is 67.0 Å². The highest BCUT2D eigenvalue weighted by atomic mass is 79.9. The standard InChI is InChI=1S/C29H24BrN3O2/c1-20-15-23(16-24(18-31)29(34)32-26-10-6-9-25(30)17-26)21(2)33(20)27-11-13-28(14-12-27)35-19-22-7-4-3-5-8-22/h3-17H,19H2,1-2H3,(H,32,34)/b24-16-. The molecule has 0 aliphatic carbocycles. The molecule has 1 amide bonds. The maximum atomic E-state index is 12.7. The Morgan fingerprint density at radius 1 is 1.03 bits per heavy atom. The smallest absolute Gasteiger partial charge is 0.266 e. The van der Waals surface area contributed by atoms with Crippen molar-refractivity contribution >= 4 is 33.6 Å². The van der Waals surface area contributed by atoms with Gasteiger partial charge in [0.05, 0.1) is 0 Å². The van der Waals surface area contributed by atoms with E-state index < -0.39 is 5.91 Å². The van der Waals surface area contributed by atoms with E-state index in [1.54, 1.807) is 18.2 Å². The average Bonchev–Trinajstić information content (AvgIpc) is 3.14. The third-order valence-electron chi connectivity index (χ3n) is 5.56. The van der Waals surface area contributed by atoms with Gasteiger partial charge in [0, 0.05) is 27.2 Å². The van der Waals surface area contributed by atoms with Gasteiger partial charge in [-0.3, -0.25) is 4.79 Å². The second kappa shape index (κ2) is 10.9. The molecule has 0 radical (unpaired) electrons. The molecule has 4 aromatic rings. The van der Waals surface area contributed by atoms with Gasteiger partial charge in [0.1, 0.15) is 24.0 Å². The first-order valence-electron chi connectivity index (χ1n) is 11.1. The van der Waals surface area contributed by atoms with Gasteiger partial charge in [-0.2, -0.15) is 5.26 Å². The number of rotatable bonds is 7. The summed E-state index contributed by atoms with van der Waals surface area (Å²) < 4.78 is 8.83. The van der Waals surface area contributed by atoms with Crippen LogP contribution in [-0.4, -0.2) is 10.5 Å². The number of hydrogen-bond donors (Lipinski definition) is 1. The van der Waals surface area contributed by atoms with Crippen LogP contribution in [0.2, 0.25) is 0 Å². The molecular formula is C29H24BrN3O2. The highest BCUT2D eigenvalue weighted by molar-refractivity contribution is 9.10. The van der Waals surface area contributed by atoms with Crippen LogP contribution in [-0.2, 0) is 11.4 Å². The molecule has 0 fully saturated rings. The Labute approximate surface area is 213 Å². The molecule has 0 saturated carbocycles. The van der Waals surface area contributed by atoms with Crippen molar-refractivity contribution in [3.8, 4) is 17.5 Å². The third kappa shape index (κ3) is 5.89. The van der Waals surface area contributed by atoms with Gasteiger partial charge < -0.3 is 14.6 Å². The molecule has 3 aromatic carbocycles. The molecule has 0 saturated heterocycles. The van der Waals surface area contributed by atoms with Crippen LogP contribution in [0, 0.1) is 25.2 Å². The summed E-state index contributed by atoms with van der Waals surface area (Å²) in [7, 11) is 0. The fourth-order valence-corrected chi connectivity index (χ4v) is 4.23. The number of halogens is 1. The molecule has 4 rings (SSSR count). The Balaban J connectivity index is 1.52. The Hall–Kier alpha value is -4.08. The molecule has 0 bridgehead atoms. The minimum absolute atomic E-state index is 0.0369. The minimum atomic E-state index is -0.449. The summed E-state index contributed by atoms with van der Waals surface area (Å²) in [6.07, 6.45) is 1.63. The van der Waals surface area contributed by atoms with Crippen LogP contribution in [0.25, 0.3) is 11.8 Å². The van der Waals surface area contributed by atoms with Crippen LogP contribution in [0.5, 0.6) is 5.75 Å². The minimum Gasteiger partial charge on any atom is -0.489 e. The summed E-state index contributed by atoms with van der Waals surface area (Å²) in [4.78, 5) is 12.7. The Morgan fingerprint density at radius 3 is 2.46 bits per heavy atom. The van der Waals surface area contributed by atoms with Crippen LogP contribution < -0.4 is 10.1 Å². The van der Waals surface area contributed by atoms with Gasteiger partial charge in [-0.15, -0.1) is 0 Å². The lowest BCUT2D eigenvalue weighted by molar-refractivity contribution is -0.112. The second-order valence-electron chi connectivity index (χ2n) is 8.06. The number of aryl methyl sites for hydroxylation is 1. The first-order valence-corrected chi connectivity index (χ1v) is 11.9. The predicted octanol–water partition coefficient (Wildman–Crippen LogP) is 6.98. The lowest BCUT2D eigenvalue weighted by atomic mass is 10.1. The molecule has 5 nitrogen and oxygen atoms in total. The molecule has 174 valence electrons. The van der Waals surface area contributed by atoms with Gasteiger partial charge in [0.2, 0.25) is 0 Å². The number of amides is 1. The van der Waals surface area contributed by atoms with Gasteiger partial charge in [0.15, 0.2) is 0 Å². The molecule has 1 aromatic heterocycles. The van der Waals surface area contributed by atoms with E-state index in [0.29, 0.717) is 12.3 Å². The Bertz CT molecular complexity index is 1410. The summed E-state index contributed by atoms with van der Waals surface area (Å²) in [6, 6.07) is 29.2. The van der Waals surface area contributed by atoms with Gasteiger partial charge in [0.25, 0.3) is 5.91 Å². The summed E-state index contributed by atoms with van der Waals surface area (Å²) in [5.74, 6) is 0.339. The number of nitrogens with one attached hydrogen (secondary N) is 1. The monoisotopic (exact) mass is 525 g/mol. The molecule has 35 heavy (non-hydrogen) atoms. The van der Waals surface area contributed by atoms with E-state index in [-0.39, 0.29) is 5.57 Å².